The van der Waals surface area contributed by atoms with Crippen molar-refractivity contribution in [2.24, 2.45) is 0 Å². The summed E-state index contributed by atoms with van der Waals surface area (Å²) < 4.78 is 0. The topological polar surface area (TPSA) is 17.1 Å². The van der Waals surface area contributed by atoms with Crippen LogP contribution in [0.5, 0.6) is 0 Å². The van der Waals surface area contributed by atoms with Gasteiger partial charge >= 0.3 is 0 Å². The molecule has 0 spiro atoms. The molecule has 0 unspecified atom stereocenters. The molecule has 3 heteroatoms. The number of carbonyl (C=O) groups excluding carboxylic acids is 1. The fourth-order valence-corrected chi connectivity index (χ4v) is 2.70. The first-order valence-electron chi connectivity index (χ1n) is 6.19. The number of hydrogen-bond donors (Lipinski definition) is 0. The van der Waals surface area contributed by atoms with E-state index in [2.05, 4.69) is 6.07 Å². The van der Waals surface area contributed by atoms with Crippen molar-refractivity contribution >= 4 is 29.1 Å². The molecule has 2 aromatic carbocycles. The minimum Gasteiger partial charge on any atom is -0.294 e. The maximum Gasteiger partial charge on any atom is 0.162 e. The van der Waals surface area contributed by atoms with E-state index in [1.807, 2.05) is 49.4 Å². The van der Waals surface area contributed by atoms with Gasteiger partial charge in [-0.25, -0.2) is 0 Å². The second kappa shape index (κ2) is 6.78. The van der Waals surface area contributed by atoms with Crippen LogP contribution in [0.15, 0.2) is 53.4 Å². The van der Waals surface area contributed by atoms with E-state index in [0.717, 1.165) is 16.3 Å². The third-order valence-electron chi connectivity index (χ3n) is 2.79. The van der Waals surface area contributed by atoms with Crippen LogP contribution in [-0.4, -0.2) is 5.78 Å². The van der Waals surface area contributed by atoms with Gasteiger partial charge < -0.3 is 0 Å². The van der Waals surface area contributed by atoms with Crippen molar-refractivity contribution in [3.8, 4) is 0 Å². The average Bonchev–Trinajstić information content (AvgIpc) is 2.46. The van der Waals surface area contributed by atoms with E-state index in [4.69, 9.17) is 11.6 Å². The Labute approximate surface area is 123 Å². The summed E-state index contributed by atoms with van der Waals surface area (Å²) in [5, 5.41) is 0.750. The number of benzene rings is 2. The Bertz CT molecular complexity index is 563. The molecule has 0 aliphatic rings. The van der Waals surface area contributed by atoms with E-state index < -0.39 is 0 Å². The fraction of sp³-hybridized carbons (Fsp3) is 0.188. The summed E-state index contributed by atoms with van der Waals surface area (Å²) in [5.41, 5.74) is 1.97. The number of carbonyl (C=O) groups is 1. The van der Waals surface area contributed by atoms with Crippen molar-refractivity contribution in [3.63, 3.8) is 0 Å². The van der Waals surface area contributed by atoms with Crippen LogP contribution in [-0.2, 0) is 5.75 Å². The summed E-state index contributed by atoms with van der Waals surface area (Å²) in [6.07, 6.45) is 0.549. The smallest absolute Gasteiger partial charge is 0.162 e. The zero-order valence-corrected chi connectivity index (χ0v) is 12.3. The molecule has 0 atom stereocenters. The van der Waals surface area contributed by atoms with Crippen LogP contribution in [0, 0.1) is 0 Å². The first-order valence-corrected chi connectivity index (χ1v) is 7.56. The second-order valence-corrected chi connectivity index (χ2v) is 5.70. The van der Waals surface area contributed by atoms with Crippen LogP contribution in [0.4, 0.5) is 0 Å². The quantitative estimate of drug-likeness (QED) is 0.554. The molecule has 0 aromatic heterocycles. The lowest BCUT2D eigenvalue weighted by Crippen LogP contribution is -1.96. The molecule has 0 heterocycles. The lowest BCUT2D eigenvalue weighted by molar-refractivity contribution is 0.0988. The molecular weight excluding hydrogens is 276 g/mol. The van der Waals surface area contributed by atoms with Gasteiger partial charge in [-0.1, -0.05) is 36.7 Å². The fourth-order valence-electron chi connectivity index (χ4n) is 1.74. The minimum absolute atomic E-state index is 0.193. The van der Waals surface area contributed by atoms with Gasteiger partial charge in [0.05, 0.1) is 0 Å². The molecule has 2 rings (SSSR count). The minimum atomic E-state index is 0.193. The lowest BCUT2D eigenvalue weighted by atomic mass is 10.1. The van der Waals surface area contributed by atoms with Crippen LogP contribution in [0.1, 0.15) is 29.3 Å². The number of thioether (sulfide) groups is 1. The van der Waals surface area contributed by atoms with E-state index >= 15 is 0 Å². The second-order valence-electron chi connectivity index (χ2n) is 4.22. The Hall–Kier alpha value is -1.25. The third-order valence-corrected chi connectivity index (χ3v) is 4.12. The zero-order valence-electron chi connectivity index (χ0n) is 10.7. The van der Waals surface area contributed by atoms with E-state index in [-0.39, 0.29) is 5.78 Å². The molecule has 2 aromatic rings. The van der Waals surface area contributed by atoms with Crippen LogP contribution in [0.25, 0.3) is 0 Å². The van der Waals surface area contributed by atoms with Crippen LogP contribution in [0.3, 0.4) is 0 Å². The van der Waals surface area contributed by atoms with Gasteiger partial charge in [-0.2, -0.15) is 0 Å². The molecule has 0 amide bonds. The van der Waals surface area contributed by atoms with Gasteiger partial charge in [0.2, 0.25) is 0 Å². The van der Waals surface area contributed by atoms with Gasteiger partial charge in [-0.15, -0.1) is 11.8 Å². The summed E-state index contributed by atoms with van der Waals surface area (Å²) in [6, 6.07) is 15.6. The summed E-state index contributed by atoms with van der Waals surface area (Å²) >= 11 is 7.59. The van der Waals surface area contributed by atoms with E-state index in [1.165, 1.54) is 10.5 Å². The summed E-state index contributed by atoms with van der Waals surface area (Å²) in [5.74, 6) is 1.05. The highest BCUT2D eigenvalue weighted by Crippen LogP contribution is 2.24. The van der Waals surface area contributed by atoms with Crippen LogP contribution < -0.4 is 0 Å². The number of rotatable bonds is 5. The summed E-state index contributed by atoms with van der Waals surface area (Å²) in [6.45, 7) is 1.89. The van der Waals surface area contributed by atoms with Crippen molar-refractivity contribution in [1.29, 1.82) is 0 Å². The Morgan fingerprint density at radius 2 is 1.89 bits per heavy atom. The first-order chi connectivity index (χ1) is 9.19. The maximum atomic E-state index is 11.7. The molecule has 0 radical (unpaired) electrons. The largest absolute Gasteiger partial charge is 0.294 e. The SMILES string of the molecule is CCC(=O)c1cccc(CSc2ccc(Cl)cc2)c1. The molecular formula is C16H15ClOS. The van der Waals surface area contributed by atoms with Crippen molar-refractivity contribution in [2.75, 3.05) is 0 Å². The van der Waals surface area contributed by atoms with Gasteiger partial charge in [0, 0.05) is 27.7 Å². The van der Waals surface area contributed by atoms with Crippen molar-refractivity contribution in [2.45, 2.75) is 24.0 Å². The third kappa shape index (κ3) is 4.12. The van der Waals surface area contributed by atoms with Gasteiger partial charge in [0.25, 0.3) is 0 Å². The molecule has 0 saturated heterocycles. The standard InChI is InChI=1S/C16H15ClOS/c1-2-16(18)13-5-3-4-12(10-13)11-19-15-8-6-14(17)7-9-15/h3-10H,2,11H2,1H3. The number of Topliss-reactive ketones (excluding diaryl/α,β-unsaturated/α-hetero) is 1. The van der Waals surface area contributed by atoms with Gasteiger partial charge in [0.15, 0.2) is 5.78 Å². The monoisotopic (exact) mass is 290 g/mol. The van der Waals surface area contributed by atoms with Gasteiger partial charge in [-0.3, -0.25) is 4.79 Å². The highest BCUT2D eigenvalue weighted by Gasteiger charge is 2.04. The number of halogens is 1. The van der Waals surface area contributed by atoms with Gasteiger partial charge in [0.1, 0.15) is 0 Å². The van der Waals surface area contributed by atoms with Crippen molar-refractivity contribution < 1.29 is 4.79 Å². The highest BCUT2D eigenvalue weighted by molar-refractivity contribution is 7.98. The Balaban J connectivity index is 2.03. The number of ketones is 1. The maximum absolute atomic E-state index is 11.7. The Morgan fingerprint density at radius 3 is 2.58 bits per heavy atom. The normalized spacial score (nSPS) is 10.4. The summed E-state index contributed by atoms with van der Waals surface area (Å²) in [4.78, 5) is 12.8. The average molecular weight is 291 g/mol. The van der Waals surface area contributed by atoms with Crippen molar-refractivity contribution in [3.05, 3.63) is 64.7 Å². The zero-order chi connectivity index (χ0) is 13.7. The van der Waals surface area contributed by atoms with E-state index in [0.29, 0.717) is 6.42 Å². The Kier molecular flexibility index (Phi) is 5.06. The molecule has 19 heavy (non-hydrogen) atoms. The molecule has 0 aliphatic heterocycles. The molecule has 0 saturated carbocycles. The molecule has 0 N–H and O–H groups in total. The van der Waals surface area contributed by atoms with Crippen LogP contribution in [0.2, 0.25) is 5.02 Å². The predicted octanol–water partition coefficient (Wildman–Crippen LogP) is 5.23. The predicted molar refractivity (Wildman–Crippen MR) is 82.1 cm³/mol. The van der Waals surface area contributed by atoms with E-state index in [9.17, 15) is 4.79 Å². The summed E-state index contributed by atoms with van der Waals surface area (Å²) in [7, 11) is 0. The molecule has 0 fully saturated rings. The molecule has 1 nitrogen and oxygen atoms in total. The van der Waals surface area contributed by atoms with Crippen LogP contribution >= 0.6 is 23.4 Å². The highest BCUT2D eigenvalue weighted by atomic mass is 35.5. The van der Waals surface area contributed by atoms with Gasteiger partial charge in [-0.05, 0) is 35.9 Å². The molecule has 0 aliphatic carbocycles. The molecule has 0 bridgehead atoms. The molecule has 98 valence electrons. The Morgan fingerprint density at radius 1 is 1.16 bits per heavy atom. The number of hydrogen-bond acceptors (Lipinski definition) is 2. The first kappa shape index (κ1) is 14.2. The van der Waals surface area contributed by atoms with Crippen molar-refractivity contribution in [1.82, 2.24) is 0 Å². The van der Waals surface area contributed by atoms with E-state index in [1.54, 1.807) is 11.8 Å². The lowest BCUT2D eigenvalue weighted by Gasteiger charge is -2.04.